The molecule has 0 aliphatic heterocycles. The van der Waals surface area contributed by atoms with Crippen molar-refractivity contribution in [1.29, 1.82) is 0 Å². The number of hydrogen-bond donors (Lipinski definition) is 0. The Bertz CT molecular complexity index is 2810. The SMILES string of the molecule is CC(C)(C(F)(F)F)C(F)(F)F.CC(C)(C)C.CC(C)(F)F.CC(C)(c1ccccc1)c1ccccc1.CC1(C)C2CC3CC(C2)CC1C3.CC1(C)CCCCC1.CC1CCC(C)CC1.CCC.CP(C)(=O)c1ccccc1.C[Si](C)(C)C.C[Si](C)(C)C.C[Si](C)(C)c1ccccc1.C[Si](C)(C)c1ccccc1. The van der Waals surface area contributed by atoms with Crippen LogP contribution in [0, 0.1) is 57.2 Å². The van der Waals surface area contributed by atoms with Crippen molar-refractivity contribution in [1.82, 2.24) is 0 Å². The van der Waals surface area contributed by atoms with Gasteiger partial charge in [0.05, 0.1) is 16.1 Å². The van der Waals surface area contributed by atoms with Gasteiger partial charge in [-0.05, 0) is 149 Å². The maximum atomic E-state index is 11.6. The summed E-state index contributed by atoms with van der Waals surface area (Å²) in [6.45, 7) is 70.3. The Hall–Kier alpha value is -3.36. The van der Waals surface area contributed by atoms with E-state index < -0.39 is 63.1 Å². The van der Waals surface area contributed by atoms with E-state index in [0.29, 0.717) is 16.2 Å². The van der Waals surface area contributed by atoms with E-state index in [0.717, 1.165) is 54.7 Å². The lowest BCUT2D eigenvalue weighted by molar-refractivity contribution is -0.327. The first-order valence-electron chi connectivity index (χ1n) is 40.4. The highest BCUT2D eigenvalue weighted by Crippen LogP contribution is 2.62. The van der Waals surface area contributed by atoms with Gasteiger partial charge in [-0.25, -0.2) is 8.78 Å². The molecule has 6 saturated carbocycles. The van der Waals surface area contributed by atoms with E-state index in [2.05, 4.69) is 310 Å². The minimum Gasteiger partial charge on any atom is -0.319 e. The Morgan fingerprint density at radius 3 is 0.794 bits per heavy atom. The molecule has 14 heteroatoms. The number of rotatable bonds is 5. The van der Waals surface area contributed by atoms with Crippen molar-refractivity contribution in [2.24, 2.45) is 57.2 Å². The molecule has 0 atom stereocenters. The van der Waals surface area contributed by atoms with E-state index >= 15 is 0 Å². The van der Waals surface area contributed by atoms with Crippen LogP contribution in [0.3, 0.4) is 0 Å². The lowest BCUT2D eigenvalue weighted by atomic mass is 9.46. The fourth-order valence-corrected chi connectivity index (χ4v) is 15.3. The summed E-state index contributed by atoms with van der Waals surface area (Å²) in [5.41, 5.74) is 1.06. The quantitative estimate of drug-likeness (QED) is 0.0974. The summed E-state index contributed by atoms with van der Waals surface area (Å²) >= 11 is 0. The summed E-state index contributed by atoms with van der Waals surface area (Å²) in [6.07, 6.45) is 11.8. The molecular formula is C93H163F8OPSi4. The van der Waals surface area contributed by atoms with Crippen molar-refractivity contribution in [3.05, 3.63) is 163 Å². The Morgan fingerprint density at radius 2 is 0.626 bits per heavy atom. The molecule has 0 heterocycles. The van der Waals surface area contributed by atoms with E-state index in [1.54, 1.807) is 45.4 Å². The molecule has 0 saturated heterocycles. The topological polar surface area (TPSA) is 17.1 Å². The summed E-state index contributed by atoms with van der Waals surface area (Å²) in [7, 11) is -5.31. The van der Waals surface area contributed by atoms with Crippen LogP contribution in [0.1, 0.15) is 232 Å². The molecule has 5 aromatic carbocycles. The maximum Gasteiger partial charge on any atom is 0.402 e. The second-order valence-corrected chi connectivity index (χ2v) is 66.5. The maximum absolute atomic E-state index is 11.6. The van der Waals surface area contributed by atoms with E-state index in [9.17, 15) is 39.7 Å². The van der Waals surface area contributed by atoms with Crippen LogP contribution in [0.15, 0.2) is 152 Å². The summed E-state index contributed by atoms with van der Waals surface area (Å²) in [6, 6.07) is 52.4. The molecule has 0 N–H and O–H groups in total. The van der Waals surface area contributed by atoms with Gasteiger partial charge in [0.1, 0.15) is 7.14 Å². The van der Waals surface area contributed by atoms with Gasteiger partial charge >= 0.3 is 12.4 Å². The lowest BCUT2D eigenvalue weighted by Gasteiger charge is -2.59. The fourth-order valence-electron chi connectivity index (χ4n) is 12.0. The molecule has 11 rings (SSSR count). The van der Waals surface area contributed by atoms with Gasteiger partial charge in [0, 0.05) is 26.9 Å². The Kier molecular flexibility index (Phi) is 49.0. The van der Waals surface area contributed by atoms with Crippen molar-refractivity contribution < 1.29 is 39.7 Å². The molecule has 0 radical (unpaired) electrons. The zero-order valence-electron chi connectivity index (χ0n) is 74.9. The average Bonchev–Trinajstić information content (AvgIpc) is 0.745. The average molecular weight is 1590 g/mol. The molecule has 6 fully saturated rings. The number of hydrogen-bond acceptors (Lipinski definition) is 1. The molecule has 0 spiro atoms. The van der Waals surface area contributed by atoms with Crippen LogP contribution >= 0.6 is 7.14 Å². The summed E-state index contributed by atoms with van der Waals surface area (Å²) in [5, 5.41) is 4.03. The van der Waals surface area contributed by atoms with Crippen LogP contribution in [0.25, 0.3) is 0 Å². The largest absolute Gasteiger partial charge is 0.402 e. The second-order valence-electron chi connectivity index (χ2n) is 41.1. The van der Waals surface area contributed by atoms with Crippen molar-refractivity contribution in [3.63, 3.8) is 0 Å². The van der Waals surface area contributed by atoms with Crippen LogP contribution in [0.5, 0.6) is 0 Å². The highest BCUT2D eigenvalue weighted by Gasteiger charge is 2.64. The van der Waals surface area contributed by atoms with Gasteiger partial charge in [-0.3, -0.25) is 0 Å². The Labute approximate surface area is 660 Å². The van der Waals surface area contributed by atoms with Crippen LogP contribution in [-0.4, -0.2) is 63.9 Å². The van der Waals surface area contributed by atoms with Crippen LogP contribution < -0.4 is 15.7 Å². The highest BCUT2D eigenvalue weighted by molar-refractivity contribution is 7.70. The van der Waals surface area contributed by atoms with Crippen LogP contribution in [-0.2, 0) is 9.98 Å². The van der Waals surface area contributed by atoms with E-state index in [-0.39, 0.29) is 19.3 Å². The standard InChI is InChI=1S/C15H16.C12H20.2C9H14Si.C8H11OP.2C8H16.C5H6F6.C5H12.2C4H12Si.C3H6F2.C3H8/c1-15(2,13-9-5-3-6-10-13)14-11-7-4-8-12-14;1-12(2)10-4-8-3-9(6-10)7-11(12)5-8;2*1-10(2,3)9-7-5-4-6-8-9;1-10(2,9)8-6-4-3-5-7-8;1-7-3-5-8(2)6-4-7;1-8(2)6-4-3-5-7-8;1-3(2,4(6,7)8)5(9,10)11;3*1-5(2,3)4;1-3(2,4)5;1-3-2/h3-12H,1-2H3;8-11H,3-7H2,1-2H3;2*4-8H,1-3H3;3-7H,1-2H3;7-8H,3-6H2,1-2H3;3-7H2,1-2H3;1-2H3;3*1-4H3;1-2H3;3H2,1-2H3. The first-order chi connectivity index (χ1) is 48.1. The number of alkyl halides is 8. The van der Waals surface area contributed by atoms with Crippen molar-refractivity contribution in [2.75, 3.05) is 13.3 Å². The molecular weight excluding hydrogens is 1430 g/mol. The minimum atomic E-state index is -5.24. The first-order valence-corrected chi connectivity index (χ1v) is 58.0. The van der Waals surface area contributed by atoms with Crippen molar-refractivity contribution in [3.8, 4) is 0 Å². The lowest BCUT2D eigenvalue weighted by Crippen LogP contribution is -2.49. The molecule has 0 unspecified atom stereocenters. The van der Waals surface area contributed by atoms with Crippen LogP contribution in [0.4, 0.5) is 35.1 Å². The number of halogens is 8. The molecule has 4 bridgehead atoms. The normalized spacial score (nSPS) is 19.9. The second kappa shape index (κ2) is 48.6. The smallest absolute Gasteiger partial charge is 0.319 e. The minimum absolute atomic E-state index is 0.0858. The zero-order chi connectivity index (χ0) is 84.1. The van der Waals surface area contributed by atoms with Gasteiger partial charge in [0.25, 0.3) is 0 Å². The molecule has 1 nitrogen and oxygen atoms in total. The van der Waals surface area contributed by atoms with Gasteiger partial charge < -0.3 is 4.57 Å². The van der Waals surface area contributed by atoms with Gasteiger partial charge in [-0.1, -0.05) is 402 Å². The highest BCUT2D eigenvalue weighted by atomic mass is 31.2. The molecule has 6 aliphatic carbocycles. The van der Waals surface area contributed by atoms with Gasteiger partial charge in [0.2, 0.25) is 5.92 Å². The Morgan fingerprint density at radius 1 is 0.402 bits per heavy atom. The van der Waals surface area contributed by atoms with Gasteiger partial charge in [-0.2, -0.15) is 26.3 Å². The first kappa shape index (κ1) is 108. The predicted molar refractivity (Wildman–Crippen MR) is 476 cm³/mol. The summed E-state index contributed by atoms with van der Waals surface area (Å²) in [4.78, 5) is 0. The summed E-state index contributed by atoms with van der Waals surface area (Å²) in [5.74, 6) is 4.00. The fraction of sp³-hybridized carbons (Fsp3) is 0.677. The van der Waals surface area contributed by atoms with E-state index in [1.807, 2.05) is 30.3 Å². The predicted octanol–water partition coefficient (Wildman–Crippen LogP) is 31.9. The number of benzene rings is 5. The third-order valence-electron chi connectivity index (χ3n) is 18.8. The van der Waals surface area contributed by atoms with Gasteiger partial charge in [-0.15, -0.1) is 0 Å². The monoisotopic (exact) mass is 1590 g/mol. The van der Waals surface area contributed by atoms with E-state index in [4.69, 9.17) is 0 Å². The molecule has 0 aromatic heterocycles. The molecule has 0 amide bonds. The van der Waals surface area contributed by atoms with Crippen molar-refractivity contribution in [2.45, 2.75) is 336 Å². The molecule has 5 aromatic rings. The molecule has 618 valence electrons. The van der Waals surface area contributed by atoms with Crippen molar-refractivity contribution >= 4 is 55.1 Å². The van der Waals surface area contributed by atoms with Crippen LogP contribution in [0.2, 0.25) is 91.7 Å². The third kappa shape index (κ3) is 55.7. The Balaban J connectivity index is -0.00000112. The van der Waals surface area contributed by atoms with Gasteiger partial charge in [0.15, 0.2) is 5.41 Å². The zero-order valence-corrected chi connectivity index (χ0v) is 79.8. The third-order valence-corrected chi connectivity index (χ3v) is 24.5. The van der Waals surface area contributed by atoms with E-state index in [1.165, 1.54) is 85.7 Å². The summed E-state index contributed by atoms with van der Waals surface area (Å²) < 4.78 is 103. The molecule has 6 aliphatic rings. The molecule has 107 heavy (non-hydrogen) atoms.